The Labute approximate surface area is 193 Å². The van der Waals surface area contributed by atoms with Gasteiger partial charge in [0.1, 0.15) is 11.2 Å². The average molecular weight is 460 g/mol. The summed E-state index contributed by atoms with van der Waals surface area (Å²) >= 11 is 0. The third-order valence-electron chi connectivity index (χ3n) is 6.24. The van der Waals surface area contributed by atoms with Crippen molar-refractivity contribution < 1.29 is 9.13 Å². The van der Waals surface area contributed by atoms with Crippen LogP contribution in [0.5, 0.6) is 6.01 Å². The zero-order chi connectivity index (χ0) is 23.3. The summed E-state index contributed by atoms with van der Waals surface area (Å²) in [5, 5.41) is 10.4. The fraction of sp³-hybridized carbons (Fsp3) is 0.636. The number of aromatic nitrogens is 6. The van der Waals surface area contributed by atoms with Gasteiger partial charge in [0, 0.05) is 43.6 Å². The normalized spacial score (nSPS) is 19.2. The van der Waals surface area contributed by atoms with E-state index in [2.05, 4.69) is 39.9 Å². The Hall–Kier alpha value is -2.79. The maximum Gasteiger partial charge on any atom is 0.298 e. The first-order chi connectivity index (χ1) is 15.9. The second-order valence-electron chi connectivity index (χ2n) is 8.92. The third-order valence-corrected chi connectivity index (χ3v) is 6.24. The van der Waals surface area contributed by atoms with Gasteiger partial charge in [-0.1, -0.05) is 0 Å². The molecule has 0 unspecified atom stereocenters. The number of anilines is 1. The van der Waals surface area contributed by atoms with E-state index in [-0.39, 0.29) is 0 Å². The molecule has 0 atom stereocenters. The van der Waals surface area contributed by atoms with E-state index in [0.717, 1.165) is 62.3 Å². The lowest BCUT2D eigenvalue weighted by Gasteiger charge is -2.33. The Morgan fingerprint density at radius 2 is 1.88 bits per heavy atom. The number of piperidine rings is 2. The average Bonchev–Trinajstić information content (AvgIpc) is 3.39. The molecule has 5 heterocycles. The minimum absolute atomic E-state index is 0.290. The number of imidazole rings is 1. The van der Waals surface area contributed by atoms with E-state index in [1.54, 1.807) is 25.5 Å². The number of nitrogens with zero attached hydrogens (tertiary/aromatic N) is 6. The lowest BCUT2D eigenvalue weighted by atomic mass is 9.95. The highest BCUT2D eigenvalue weighted by molar-refractivity contribution is 5.71. The number of alkyl halides is 1. The molecule has 0 saturated carbocycles. The van der Waals surface area contributed by atoms with Gasteiger partial charge in [0.25, 0.3) is 6.01 Å². The summed E-state index contributed by atoms with van der Waals surface area (Å²) in [4.78, 5) is 14.6. The van der Waals surface area contributed by atoms with Gasteiger partial charge in [-0.3, -0.25) is 14.6 Å². The number of ether oxygens (including phenoxy) is 1. The van der Waals surface area contributed by atoms with Crippen LogP contribution in [0.4, 0.5) is 10.3 Å². The molecule has 0 aromatic carbocycles. The number of likely N-dealkylation sites (tertiary alicyclic amines) is 1. The predicted molar refractivity (Wildman–Crippen MR) is 125 cm³/mol. The fourth-order valence-corrected chi connectivity index (χ4v) is 4.30. The van der Waals surface area contributed by atoms with E-state index in [1.165, 1.54) is 0 Å². The SMILES string of the molecule is CC1(F)CCN(Cc2cnc(N)nc2)CC1.CCOc1nc2cn[nH]c2n1C1CCNCC1. The number of hydrogen-bond acceptors (Lipinski definition) is 8. The van der Waals surface area contributed by atoms with Gasteiger partial charge in [-0.2, -0.15) is 10.1 Å². The molecule has 2 aliphatic rings. The molecular weight excluding hydrogens is 425 g/mol. The number of nitrogen functional groups attached to an aromatic ring is 1. The van der Waals surface area contributed by atoms with Crippen LogP contribution in [-0.4, -0.2) is 73.1 Å². The van der Waals surface area contributed by atoms with Crippen molar-refractivity contribution in [2.24, 2.45) is 0 Å². The van der Waals surface area contributed by atoms with Crippen LogP contribution in [0.15, 0.2) is 18.6 Å². The Morgan fingerprint density at radius 1 is 1.18 bits per heavy atom. The van der Waals surface area contributed by atoms with Gasteiger partial charge in [-0.25, -0.2) is 14.4 Å². The lowest BCUT2D eigenvalue weighted by Crippen LogP contribution is -2.39. The van der Waals surface area contributed by atoms with Gasteiger partial charge in [0.2, 0.25) is 5.95 Å². The van der Waals surface area contributed by atoms with Crippen LogP contribution < -0.4 is 15.8 Å². The summed E-state index contributed by atoms with van der Waals surface area (Å²) in [5.41, 5.74) is 7.30. The van der Waals surface area contributed by atoms with Crippen molar-refractivity contribution in [2.75, 3.05) is 38.5 Å². The summed E-state index contributed by atoms with van der Waals surface area (Å²) in [6, 6.07) is 1.16. The van der Waals surface area contributed by atoms with Crippen LogP contribution in [0, 0.1) is 0 Å². The molecule has 0 spiro atoms. The van der Waals surface area contributed by atoms with Crippen LogP contribution in [0.1, 0.15) is 51.1 Å². The van der Waals surface area contributed by atoms with Crippen molar-refractivity contribution in [1.29, 1.82) is 0 Å². The Bertz CT molecular complexity index is 1000. The molecule has 0 radical (unpaired) electrons. The first-order valence-corrected chi connectivity index (χ1v) is 11.7. The quantitative estimate of drug-likeness (QED) is 0.532. The molecule has 2 fully saturated rings. The Morgan fingerprint density at radius 3 is 2.55 bits per heavy atom. The highest BCUT2D eigenvalue weighted by Crippen LogP contribution is 2.29. The third kappa shape index (κ3) is 5.97. The molecule has 4 N–H and O–H groups in total. The minimum atomic E-state index is -0.992. The highest BCUT2D eigenvalue weighted by atomic mass is 19.1. The van der Waals surface area contributed by atoms with Crippen molar-refractivity contribution >= 4 is 17.1 Å². The van der Waals surface area contributed by atoms with Gasteiger partial charge in [0.05, 0.1) is 12.8 Å². The number of rotatable bonds is 5. The number of hydrogen-bond donors (Lipinski definition) is 3. The van der Waals surface area contributed by atoms with E-state index in [4.69, 9.17) is 10.5 Å². The smallest absolute Gasteiger partial charge is 0.298 e. The van der Waals surface area contributed by atoms with Crippen molar-refractivity contribution in [3.05, 3.63) is 24.2 Å². The fourth-order valence-electron chi connectivity index (χ4n) is 4.30. The summed E-state index contributed by atoms with van der Waals surface area (Å²) in [6.07, 6.45) is 8.60. The molecule has 180 valence electrons. The van der Waals surface area contributed by atoms with Crippen LogP contribution in [0.25, 0.3) is 11.2 Å². The molecule has 0 amide bonds. The summed E-state index contributed by atoms with van der Waals surface area (Å²) in [5.74, 6) is 0.290. The van der Waals surface area contributed by atoms with E-state index >= 15 is 0 Å². The standard InChI is InChI=1S/C11H17FN4.C11H17N5O/c1-11(12)2-4-16(5-3-11)8-9-6-14-10(13)15-7-9;1-2-17-11-14-9-7-13-15-10(9)16(11)8-3-5-12-6-4-8/h6-7H,2-5,8H2,1H3,(H2,13,14,15);7-8,12H,2-6H2,1H3,(H,13,15). The zero-order valence-electron chi connectivity index (χ0n) is 19.4. The summed E-state index contributed by atoms with van der Waals surface area (Å²) < 4.78 is 21.3. The number of nitrogens with two attached hydrogens (primary N) is 1. The van der Waals surface area contributed by atoms with Gasteiger partial charge in [0.15, 0.2) is 5.65 Å². The number of aromatic amines is 1. The van der Waals surface area contributed by atoms with Crippen LogP contribution in [-0.2, 0) is 6.54 Å². The largest absolute Gasteiger partial charge is 0.465 e. The Kier molecular flexibility index (Phi) is 7.39. The molecule has 0 bridgehead atoms. The van der Waals surface area contributed by atoms with Gasteiger partial charge in [-0.15, -0.1) is 0 Å². The van der Waals surface area contributed by atoms with Crippen molar-refractivity contribution in [3.8, 4) is 6.01 Å². The van der Waals surface area contributed by atoms with E-state index in [0.29, 0.717) is 37.4 Å². The summed E-state index contributed by atoms with van der Waals surface area (Å²) in [7, 11) is 0. The molecule has 33 heavy (non-hydrogen) atoms. The molecule has 10 nitrogen and oxygen atoms in total. The first-order valence-electron chi connectivity index (χ1n) is 11.7. The second kappa shape index (κ2) is 10.4. The predicted octanol–water partition coefficient (Wildman–Crippen LogP) is 2.47. The van der Waals surface area contributed by atoms with Gasteiger partial charge >= 0.3 is 0 Å². The number of nitrogens with one attached hydrogen (secondary N) is 2. The molecule has 3 aromatic rings. The van der Waals surface area contributed by atoms with Gasteiger partial charge in [-0.05, 0) is 52.6 Å². The molecule has 11 heteroatoms. The maximum atomic E-state index is 13.6. The number of fused-ring (bicyclic) bond motifs is 1. The monoisotopic (exact) mass is 459 g/mol. The topological polar surface area (TPSA) is 123 Å². The molecule has 5 rings (SSSR count). The molecule has 3 aromatic heterocycles. The molecule has 2 aliphatic heterocycles. The number of H-pyrrole nitrogens is 1. The van der Waals surface area contributed by atoms with E-state index in [1.807, 2.05) is 6.92 Å². The first kappa shape index (κ1) is 23.4. The van der Waals surface area contributed by atoms with Crippen molar-refractivity contribution in [2.45, 2.75) is 57.8 Å². The Balaban J connectivity index is 0.000000157. The second-order valence-corrected chi connectivity index (χ2v) is 8.92. The zero-order valence-corrected chi connectivity index (χ0v) is 19.4. The molecular formula is C22H34FN9O. The minimum Gasteiger partial charge on any atom is -0.465 e. The van der Waals surface area contributed by atoms with E-state index in [9.17, 15) is 4.39 Å². The molecule has 2 saturated heterocycles. The molecule has 0 aliphatic carbocycles. The highest BCUT2D eigenvalue weighted by Gasteiger charge is 2.29. The van der Waals surface area contributed by atoms with Crippen LogP contribution in [0.2, 0.25) is 0 Å². The maximum absolute atomic E-state index is 13.6. The van der Waals surface area contributed by atoms with Crippen molar-refractivity contribution in [1.82, 2.24) is 39.9 Å². The van der Waals surface area contributed by atoms with Crippen LogP contribution in [0.3, 0.4) is 0 Å². The van der Waals surface area contributed by atoms with E-state index < -0.39 is 5.67 Å². The summed E-state index contributed by atoms with van der Waals surface area (Å²) in [6.45, 7) is 8.74. The number of halogens is 1. The van der Waals surface area contributed by atoms with Crippen molar-refractivity contribution in [3.63, 3.8) is 0 Å². The van der Waals surface area contributed by atoms with Gasteiger partial charge < -0.3 is 15.8 Å². The lowest BCUT2D eigenvalue weighted by molar-refractivity contribution is 0.0704. The van der Waals surface area contributed by atoms with Crippen LogP contribution >= 0.6 is 0 Å².